The third-order valence-corrected chi connectivity index (χ3v) is 1.50. The van der Waals surface area contributed by atoms with Gasteiger partial charge in [-0.3, -0.25) is 0 Å². The summed E-state index contributed by atoms with van der Waals surface area (Å²) < 4.78 is 12.5. The number of hydrogen-bond donors (Lipinski definition) is 1. The lowest BCUT2D eigenvalue weighted by atomic mass is 10.3. The van der Waals surface area contributed by atoms with Crippen molar-refractivity contribution in [3.05, 3.63) is 22.7 Å². The molecule has 1 rings (SSSR count). The molecular formula is C6H3ClFN3. The summed E-state index contributed by atoms with van der Waals surface area (Å²) in [5.41, 5.74) is 5.06. The van der Waals surface area contributed by atoms with Crippen LogP contribution in [0.1, 0.15) is 5.69 Å². The molecule has 1 aromatic rings. The first kappa shape index (κ1) is 7.76. The van der Waals surface area contributed by atoms with Gasteiger partial charge in [0.15, 0.2) is 11.5 Å². The molecule has 0 saturated carbocycles. The fraction of sp³-hybridized carbons (Fsp3) is 0. The molecule has 3 nitrogen and oxygen atoms in total. The standard InChI is InChI=1S/C6H3ClFN3/c7-5-3(8)2-11-4(1-9)6(5)10/h2H,10H2. The van der Waals surface area contributed by atoms with Crippen LogP contribution in [-0.2, 0) is 0 Å². The lowest BCUT2D eigenvalue weighted by molar-refractivity contribution is 0.622. The van der Waals surface area contributed by atoms with Gasteiger partial charge >= 0.3 is 0 Å². The van der Waals surface area contributed by atoms with Crippen LogP contribution >= 0.6 is 11.6 Å². The van der Waals surface area contributed by atoms with Gasteiger partial charge in [0.05, 0.1) is 11.9 Å². The number of nitriles is 1. The molecule has 0 radical (unpaired) electrons. The van der Waals surface area contributed by atoms with Gasteiger partial charge < -0.3 is 5.73 Å². The highest BCUT2D eigenvalue weighted by Gasteiger charge is 2.08. The highest BCUT2D eigenvalue weighted by molar-refractivity contribution is 6.33. The molecule has 0 aliphatic carbocycles. The minimum absolute atomic E-state index is 0.0589. The fourth-order valence-corrected chi connectivity index (χ4v) is 0.707. The Morgan fingerprint density at radius 1 is 1.73 bits per heavy atom. The second-order valence-electron chi connectivity index (χ2n) is 1.79. The lowest BCUT2D eigenvalue weighted by Gasteiger charge is -1.98. The van der Waals surface area contributed by atoms with E-state index in [9.17, 15) is 4.39 Å². The Labute approximate surface area is 67.2 Å². The smallest absolute Gasteiger partial charge is 0.165 e. The van der Waals surface area contributed by atoms with Crippen molar-refractivity contribution in [3.8, 4) is 6.07 Å². The normalized spacial score (nSPS) is 9.18. The van der Waals surface area contributed by atoms with Crippen molar-refractivity contribution in [1.29, 1.82) is 5.26 Å². The van der Waals surface area contributed by atoms with Crippen molar-refractivity contribution in [1.82, 2.24) is 4.98 Å². The fourth-order valence-electron chi connectivity index (χ4n) is 0.569. The number of halogens is 2. The summed E-state index contributed by atoms with van der Waals surface area (Å²) in [4.78, 5) is 3.41. The molecule has 56 valence electrons. The number of hydrogen-bond acceptors (Lipinski definition) is 3. The predicted molar refractivity (Wildman–Crippen MR) is 38.3 cm³/mol. The summed E-state index contributed by atoms with van der Waals surface area (Å²) in [5.74, 6) is -0.719. The molecule has 2 N–H and O–H groups in total. The van der Waals surface area contributed by atoms with E-state index < -0.39 is 5.82 Å². The van der Waals surface area contributed by atoms with E-state index in [1.54, 1.807) is 6.07 Å². The van der Waals surface area contributed by atoms with Gasteiger partial charge in [0.2, 0.25) is 0 Å². The molecule has 0 unspecified atom stereocenters. The molecule has 0 atom stereocenters. The van der Waals surface area contributed by atoms with Crippen molar-refractivity contribution in [2.45, 2.75) is 0 Å². The van der Waals surface area contributed by atoms with Crippen LogP contribution in [0.2, 0.25) is 5.02 Å². The van der Waals surface area contributed by atoms with Crippen molar-refractivity contribution in [3.63, 3.8) is 0 Å². The number of pyridine rings is 1. The number of nitrogen functional groups attached to an aromatic ring is 1. The second-order valence-corrected chi connectivity index (χ2v) is 2.17. The zero-order valence-electron chi connectivity index (χ0n) is 5.31. The van der Waals surface area contributed by atoms with Crippen LogP contribution in [0, 0.1) is 17.1 Å². The van der Waals surface area contributed by atoms with Crippen LogP contribution in [0.4, 0.5) is 10.1 Å². The largest absolute Gasteiger partial charge is 0.395 e. The van der Waals surface area contributed by atoms with E-state index in [0.717, 1.165) is 6.20 Å². The van der Waals surface area contributed by atoms with Crippen molar-refractivity contribution < 1.29 is 4.39 Å². The maximum absolute atomic E-state index is 12.5. The molecule has 0 aliphatic heterocycles. The molecule has 0 amide bonds. The first-order chi connectivity index (χ1) is 5.16. The third kappa shape index (κ3) is 1.23. The molecule has 11 heavy (non-hydrogen) atoms. The van der Waals surface area contributed by atoms with Gasteiger partial charge in [-0.05, 0) is 0 Å². The van der Waals surface area contributed by atoms with Crippen molar-refractivity contribution in [2.24, 2.45) is 0 Å². The average Bonchev–Trinajstić information content (AvgIpc) is 2.01. The number of aromatic nitrogens is 1. The minimum Gasteiger partial charge on any atom is -0.395 e. The summed E-state index contributed by atoms with van der Waals surface area (Å²) in [7, 11) is 0. The van der Waals surface area contributed by atoms with Crippen molar-refractivity contribution >= 4 is 17.3 Å². The van der Waals surface area contributed by atoms with Gasteiger partial charge in [0.1, 0.15) is 11.1 Å². The van der Waals surface area contributed by atoms with Crippen LogP contribution in [0.25, 0.3) is 0 Å². The van der Waals surface area contributed by atoms with E-state index in [1.165, 1.54) is 0 Å². The molecule has 0 saturated heterocycles. The van der Waals surface area contributed by atoms with Crippen LogP contribution < -0.4 is 5.73 Å². The van der Waals surface area contributed by atoms with Crippen LogP contribution in [0.15, 0.2) is 6.20 Å². The van der Waals surface area contributed by atoms with Crippen LogP contribution in [-0.4, -0.2) is 4.98 Å². The second kappa shape index (κ2) is 2.72. The average molecular weight is 172 g/mol. The van der Waals surface area contributed by atoms with Gasteiger partial charge in [0.25, 0.3) is 0 Å². The number of nitrogens with zero attached hydrogens (tertiary/aromatic N) is 2. The summed E-state index contributed by atoms with van der Waals surface area (Å²) in [6, 6.07) is 1.68. The van der Waals surface area contributed by atoms with Gasteiger partial charge in [-0.1, -0.05) is 11.6 Å². The number of nitrogens with two attached hydrogens (primary N) is 1. The number of anilines is 1. The SMILES string of the molecule is N#Cc1ncc(F)c(Cl)c1N. The molecule has 1 heterocycles. The van der Waals surface area contributed by atoms with Gasteiger partial charge in [0, 0.05) is 0 Å². The van der Waals surface area contributed by atoms with E-state index >= 15 is 0 Å². The number of rotatable bonds is 0. The molecule has 1 aromatic heterocycles. The first-order valence-electron chi connectivity index (χ1n) is 2.66. The molecule has 0 fully saturated rings. The Hall–Kier alpha value is -1.34. The Bertz CT molecular complexity index is 331. The summed E-state index contributed by atoms with van der Waals surface area (Å²) in [6.07, 6.45) is 0.858. The summed E-state index contributed by atoms with van der Waals surface area (Å²) >= 11 is 5.37. The first-order valence-corrected chi connectivity index (χ1v) is 3.04. The lowest BCUT2D eigenvalue weighted by Crippen LogP contribution is -1.96. The highest BCUT2D eigenvalue weighted by atomic mass is 35.5. The Balaban J connectivity index is 3.40. The molecule has 5 heteroatoms. The summed E-state index contributed by atoms with van der Waals surface area (Å²) in [5, 5.41) is 8.11. The van der Waals surface area contributed by atoms with Crippen LogP contribution in [0.5, 0.6) is 0 Å². The summed E-state index contributed by atoms with van der Waals surface area (Å²) in [6.45, 7) is 0. The highest BCUT2D eigenvalue weighted by Crippen LogP contribution is 2.22. The zero-order valence-corrected chi connectivity index (χ0v) is 6.06. The predicted octanol–water partition coefficient (Wildman–Crippen LogP) is 1.33. The van der Waals surface area contributed by atoms with Gasteiger partial charge in [-0.25, -0.2) is 9.37 Å². The zero-order chi connectivity index (χ0) is 8.43. The topological polar surface area (TPSA) is 62.7 Å². The molecule has 0 aliphatic rings. The van der Waals surface area contributed by atoms with E-state index in [2.05, 4.69) is 4.98 Å². The maximum Gasteiger partial charge on any atom is 0.165 e. The van der Waals surface area contributed by atoms with E-state index in [4.69, 9.17) is 22.6 Å². The molecule has 0 bridgehead atoms. The van der Waals surface area contributed by atoms with Gasteiger partial charge in [-0.15, -0.1) is 0 Å². The molecule has 0 spiro atoms. The monoisotopic (exact) mass is 171 g/mol. The Morgan fingerprint density at radius 3 is 2.91 bits per heavy atom. The third-order valence-electron chi connectivity index (χ3n) is 1.11. The van der Waals surface area contributed by atoms with E-state index in [0.29, 0.717) is 0 Å². The van der Waals surface area contributed by atoms with Crippen molar-refractivity contribution in [2.75, 3.05) is 5.73 Å². The minimum atomic E-state index is -0.719. The Kier molecular flexibility index (Phi) is 1.92. The Morgan fingerprint density at radius 2 is 2.36 bits per heavy atom. The maximum atomic E-state index is 12.5. The molecular weight excluding hydrogens is 169 g/mol. The molecule has 0 aromatic carbocycles. The van der Waals surface area contributed by atoms with E-state index in [1.807, 2.05) is 0 Å². The quantitative estimate of drug-likeness (QED) is 0.641. The van der Waals surface area contributed by atoms with Crippen LogP contribution in [0.3, 0.4) is 0 Å². The van der Waals surface area contributed by atoms with E-state index in [-0.39, 0.29) is 16.4 Å². The van der Waals surface area contributed by atoms with Gasteiger partial charge in [-0.2, -0.15) is 5.26 Å².